The lowest BCUT2D eigenvalue weighted by Crippen LogP contribution is -2.47. The molecule has 1 saturated heterocycles. The molecule has 30 heavy (non-hydrogen) atoms. The van der Waals surface area contributed by atoms with Crippen molar-refractivity contribution in [3.8, 4) is 11.6 Å². The average Bonchev–Trinajstić information content (AvgIpc) is 3.49. The third-order valence-electron chi connectivity index (χ3n) is 5.48. The third-order valence-corrected chi connectivity index (χ3v) is 7.48. The topological polar surface area (TPSA) is 66.1 Å². The Morgan fingerprint density at radius 2 is 1.87 bits per heavy atom. The number of ether oxygens (including phenoxy) is 1. The third kappa shape index (κ3) is 3.42. The number of rotatable bonds is 5. The van der Waals surface area contributed by atoms with Crippen LogP contribution in [0.2, 0.25) is 0 Å². The van der Waals surface area contributed by atoms with Gasteiger partial charge in [0.25, 0.3) is 0 Å². The lowest BCUT2D eigenvalue weighted by molar-refractivity contribution is 0.213. The molecule has 0 bridgehead atoms. The van der Waals surface area contributed by atoms with Crippen LogP contribution in [0.1, 0.15) is 21.6 Å². The predicted molar refractivity (Wildman–Crippen MR) is 120 cm³/mol. The van der Waals surface area contributed by atoms with E-state index in [0.717, 1.165) is 41.8 Å². The standard InChI is InChI=1S/C21H23N5O2S2/c1-14-22-21-26(23-14)20(27)19(30-21)18(17-4-3-13-29-17)25-11-9-24(10-12-25)15-5-7-16(28-2)8-6-15/h3-8,13,18,27H,9-12H2,1-2H3/t18-/m0/s1. The van der Waals surface area contributed by atoms with Crippen molar-refractivity contribution in [3.05, 3.63) is 57.4 Å². The van der Waals surface area contributed by atoms with Gasteiger partial charge in [-0.25, -0.2) is 4.98 Å². The van der Waals surface area contributed by atoms with E-state index in [1.54, 1.807) is 23.0 Å². The van der Waals surface area contributed by atoms with Crippen LogP contribution in [0.15, 0.2) is 41.8 Å². The minimum atomic E-state index is 0.0109. The summed E-state index contributed by atoms with van der Waals surface area (Å²) >= 11 is 3.24. The highest BCUT2D eigenvalue weighted by Gasteiger charge is 2.32. The summed E-state index contributed by atoms with van der Waals surface area (Å²) in [4.78, 5) is 12.2. The van der Waals surface area contributed by atoms with Crippen LogP contribution in [0.3, 0.4) is 0 Å². The minimum absolute atomic E-state index is 0.0109. The number of aromatic hydroxyl groups is 1. The first-order valence-corrected chi connectivity index (χ1v) is 11.5. The molecule has 0 aliphatic carbocycles. The maximum absolute atomic E-state index is 10.9. The zero-order chi connectivity index (χ0) is 20.7. The second kappa shape index (κ2) is 7.90. The molecule has 1 N–H and O–H groups in total. The molecule has 4 aromatic rings. The number of nitrogens with zero attached hydrogens (tertiary/aromatic N) is 5. The van der Waals surface area contributed by atoms with Gasteiger partial charge >= 0.3 is 0 Å². The molecule has 4 heterocycles. The maximum atomic E-state index is 10.9. The maximum Gasteiger partial charge on any atom is 0.230 e. The number of aryl methyl sites for hydroxylation is 1. The molecule has 9 heteroatoms. The van der Waals surface area contributed by atoms with Crippen molar-refractivity contribution in [2.75, 3.05) is 38.2 Å². The molecular weight excluding hydrogens is 418 g/mol. The largest absolute Gasteiger partial charge is 0.497 e. The number of benzene rings is 1. The van der Waals surface area contributed by atoms with Gasteiger partial charge in [0.2, 0.25) is 10.8 Å². The quantitative estimate of drug-likeness (QED) is 0.508. The molecule has 5 rings (SSSR count). The Morgan fingerprint density at radius 3 is 2.50 bits per heavy atom. The van der Waals surface area contributed by atoms with E-state index in [2.05, 4.69) is 49.5 Å². The second-order valence-corrected chi connectivity index (χ2v) is 9.27. The first kappa shape index (κ1) is 19.3. The van der Waals surface area contributed by atoms with Crippen molar-refractivity contribution in [2.24, 2.45) is 0 Å². The molecule has 0 amide bonds. The van der Waals surface area contributed by atoms with Crippen LogP contribution in [-0.2, 0) is 0 Å². The van der Waals surface area contributed by atoms with Crippen molar-refractivity contribution < 1.29 is 9.84 Å². The number of thiazole rings is 1. The van der Waals surface area contributed by atoms with Crippen LogP contribution in [0, 0.1) is 6.92 Å². The van der Waals surface area contributed by atoms with Crippen LogP contribution in [0.4, 0.5) is 5.69 Å². The highest BCUT2D eigenvalue weighted by atomic mass is 32.1. The summed E-state index contributed by atoms with van der Waals surface area (Å²) in [7, 11) is 1.69. The van der Waals surface area contributed by atoms with Crippen molar-refractivity contribution >= 4 is 33.3 Å². The zero-order valence-corrected chi connectivity index (χ0v) is 18.5. The summed E-state index contributed by atoms with van der Waals surface area (Å²) in [6, 6.07) is 12.5. The smallest absolute Gasteiger partial charge is 0.230 e. The fourth-order valence-corrected chi connectivity index (χ4v) is 6.07. The summed E-state index contributed by atoms with van der Waals surface area (Å²) in [6.45, 7) is 5.50. The number of fused-ring (bicyclic) bond motifs is 1. The van der Waals surface area contributed by atoms with E-state index in [9.17, 15) is 5.11 Å². The van der Waals surface area contributed by atoms with Crippen molar-refractivity contribution in [3.63, 3.8) is 0 Å². The highest BCUT2D eigenvalue weighted by molar-refractivity contribution is 7.17. The summed E-state index contributed by atoms with van der Waals surface area (Å²) in [5.74, 6) is 1.74. The van der Waals surface area contributed by atoms with Crippen molar-refractivity contribution in [1.29, 1.82) is 0 Å². The number of thiophene rings is 1. The van der Waals surface area contributed by atoms with Gasteiger partial charge in [-0.3, -0.25) is 4.90 Å². The van der Waals surface area contributed by atoms with Crippen LogP contribution < -0.4 is 9.64 Å². The Labute approximate surface area is 182 Å². The number of hydrogen-bond acceptors (Lipinski definition) is 8. The molecule has 7 nitrogen and oxygen atoms in total. The van der Waals surface area contributed by atoms with Gasteiger partial charge in [-0.2, -0.15) is 4.52 Å². The molecule has 0 unspecified atom stereocenters. The molecule has 1 aromatic carbocycles. The number of piperazine rings is 1. The van der Waals surface area contributed by atoms with E-state index in [0.29, 0.717) is 5.82 Å². The van der Waals surface area contributed by atoms with E-state index in [-0.39, 0.29) is 11.9 Å². The van der Waals surface area contributed by atoms with Gasteiger partial charge in [0, 0.05) is 36.7 Å². The first-order chi connectivity index (χ1) is 14.6. The van der Waals surface area contributed by atoms with Crippen molar-refractivity contribution in [1.82, 2.24) is 19.5 Å². The molecule has 0 spiro atoms. The molecular formula is C21H23N5O2S2. The first-order valence-electron chi connectivity index (χ1n) is 9.85. The molecule has 1 fully saturated rings. The molecule has 0 radical (unpaired) electrons. The summed E-state index contributed by atoms with van der Waals surface area (Å²) in [5.41, 5.74) is 1.21. The lowest BCUT2D eigenvalue weighted by atomic mass is 10.1. The average molecular weight is 442 g/mol. The molecule has 1 aliphatic heterocycles. The van der Waals surface area contributed by atoms with Crippen LogP contribution >= 0.6 is 22.7 Å². The Balaban J connectivity index is 1.40. The molecule has 1 aliphatic rings. The fourth-order valence-electron chi connectivity index (χ4n) is 3.98. The predicted octanol–water partition coefficient (Wildman–Crippen LogP) is 3.79. The Bertz CT molecular complexity index is 1130. The van der Waals surface area contributed by atoms with Crippen LogP contribution in [0.25, 0.3) is 4.96 Å². The summed E-state index contributed by atoms with van der Waals surface area (Å²) < 4.78 is 6.83. The van der Waals surface area contributed by atoms with E-state index in [1.807, 2.05) is 19.1 Å². The normalized spacial score (nSPS) is 16.3. The Hall–Kier alpha value is -2.62. The van der Waals surface area contributed by atoms with E-state index < -0.39 is 0 Å². The summed E-state index contributed by atoms with van der Waals surface area (Å²) in [5, 5.41) is 17.3. The minimum Gasteiger partial charge on any atom is -0.497 e. The number of hydrogen-bond donors (Lipinski definition) is 1. The lowest BCUT2D eigenvalue weighted by Gasteiger charge is -2.39. The van der Waals surface area contributed by atoms with Gasteiger partial charge < -0.3 is 14.7 Å². The van der Waals surface area contributed by atoms with Gasteiger partial charge in [-0.05, 0) is 42.6 Å². The van der Waals surface area contributed by atoms with Crippen LogP contribution in [-0.4, -0.2) is 57.9 Å². The van der Waals surface area contributed by atoms with Crippen molar-refractivity contribution in [2.45, 2.75) is 13.0 Å². The van der Waals surface area contributed by atoms with Gasteiger partial charge in [0.1, 0.15) is 11.6 Å². The monoisotopic (exact) mass is 441 g/mol. The molecule has 156 valence electrons. The van der Waals surface area contributed by atoms with Gasteiger partial charge in [-0.1, -0.05) is 17.4 Å². The molecule has 1 atom stereocenters. The number of aromatic nitrogens is 3. The number of methoxy groups -OCH3 is 1. The second-order valence-electron chi connectivity index (χ2n) is 7.28. The van der Waals surface area contributed by atoms with Gasteiger partial charge in [0.15, 0.2) is 0 Å². The van der Waals surface area contributed by atoms with E-state index in [1.165, 1.54) is 21.9 Å². The van der Waals surface area contributed by atoms with Gasteiger partial charge in [-0.15, -0.1) is 16.4 Å². The summed E-state index contributed by atoms with van der Waals surface area (Å²) in [6.07, 6.45) is 0. The molecule has 3 aromatic heterocycles. The Kier molecular flexibility index (Phi) is 5.10. The SMILES string of the molecule is COc1ccc(N2CCN([C@@H](c3cccs3)c3sc4nc(C)nn4c3O)CC2)cc1. The van der Waals surface area contributed by atoms with Gasteiger partial charge in [0.05, 0.1) is 18.0 Å². The molecule has 0 saturated carbocycles. The zero-order valence-electron chi connectivity index (χ0n) is 16.9. The highest BCUT2D eigenvalue weighted by Crippen LogP contribution is 2.41. The number of anilines is 1. The van der Waals surface area contributed by atoms with Crippen LogP contribution in [0.5, 0.6) is 11.6 Å². The Morgan fingerprint density at radius 1 is 1.10 bits per heavy atom. The van der Waals surface area contributed by atoms with E-state index in [4.69, 9.17) is 4.74 Å². The fraction of sp³-hybridized carbons (Fsp3) is 0.333. The van der Waals surface area contributed by atoms with E-state index >= 15 is 0 Å².